The lowest BCUT2D eigenvalue weighted by atomic mass is 9.91. The molecule has 0 aliphatic heterocycles. The molecule has 1 rings (SSSR count). The highest BCUT2D eigenvalue weighted by molar-refractivity contribution is 6.23. The number of hydrogen-bond donors (Lipinski definition) is 0. The van der Waals surface area contributed by atoms with Crippen molar-refractivity contribution in [3.05, 3.63) is 46.5 Å². The van der Waals surface area contributed by atoms with Gasteiger partial charge in [0.05, 0.1) is 14.2 Å². The summed E-state index contributed by atoms with van der Waals surface area (Å²) in [6.45, 7) is 5.78. The second-order valence-corrected chi connectivity index (χ2v) is 5.36. The van der Waals surface area contributed by atoms with Crippen molar-refractivity contribution in [3.63, 3.8) is 0 Å². The average molecular weight is 304 g/mol. The molecule has 0 heterocycles. The normalized spacial score (nSPS) is 15.7. The number of methoxy groups -OCH3 is 2. The third kappa shape index (κ3) is 4.20. The zero-order valence-electron chi connectivity index (χ0n) is 14.0. The number of ether oxygens (including phenoxy) is 2. The minimum atomic E-state index is -0.285. The fourth-order valence-corrected chi connectivity index (χ4v) is 2.22. The molecule has 0 bridgehead atoms. The van der Waals surface area contributed by atoms with E-state index in [-0.39, 0.29) is 23.1 Å². The Bertz CT molecular complexity index is 570. The van der Waals surface area contributed by atoms with Gasteiger partial charge in [-0.05, 0) is 40.0 Å². The summed E-state index contributed by atoms with van der Waals surface area (Å²) in [7, 11) is 2.73. The summed E-state index contributed by atoms with van der Waals surface area (Å²) in [5.41, 5.74) is 2.19. The van der Waals surface area contributed by atoms with Crippen LogP contribution in [-0.4, -0.2) is 25.8 Å². The Morgan fingerprint density at radius 3 is 2.09 bits per heavy atom. The van der Waals surface area contributed by atoms with Gasteiger partial charge in [0.1, 0.15) is 0 Å². The summed E-state index contributed by atoms with van der Waals surface area (Å²) >= 11 is 0. The van der Waals surface area contributed by atoms with Crippen molar-refractivity contribution in [2.24, 2.45) is 0 Å². The Morgan fingerprint density at radius 1 is 0.955 bits per heavy atom. The summed E-state index contributed by atoms with van der Waals surface area (Å²) in [5, 5.41) is 0. The molecule has 0 atom stereocenters. The molecule has 4 nitrogen and oxygen atoms in total. The number of hydrogen-bond acceptors (Lipinski definition) is 4. The average Bonchev–Trinajstić information content (AvgIpc) is 2.48. The number of ketones is 2. The van der Waals surface area contributed by atoms with E-state index in [1.165, 1.54) is 19.8 Å². The molecule has 0 radical (unpaired) electrons. The maximum Gasteiger partial charge on any atom is 0.228 e. The first-order valence-electron chi connectivity index (χ1n) is 7.33. The van der Waals surface area contributed by atoms with Crippen molar-refractivity contribution in [3.8, 4) is 0 Å². The highest BCUT2D eigenvalue weighted by atomic mass is 16.5. The summed E-state index contributed by atoms with van der Waals surface area (Å²) in [6.07, 6.45) is 8.43. The zero-order chi connectivity index (χ0) is 16.7. The first-order chi connectivity index (χ1) is 10.4. The maximum atomic E-state index is 12.4. The molecule has 0 fully saturated rings. The Balaban J connectivity index is 2.81. The Labute approximate surface area is 132 Å². The van der Waals surface area contributed by atoms with Crippen molar-refractivity contribution < 1.29 is 19.1 Å². The molecule has 4 heteroatoms. The molecular formula is C18H24O4. The SMILES string of the molecule is COC1=C(OC)C(=O)C(C/C=C/CCC=C(C)C)=C(C)C1=O. The predicted molar refractivity (Wildman–Crippen MR) is 86.2 cm³/mol. The lowest BCUT2D eigenvalue weighted by molar-refractivity contribution is -0.121. The molecule has 0 saturated heterocycles. The molecule has 120 valence electrons. The van der Waals surface area contributed by atoms with Gasteiger partial charge in [0.15, 0.2) is 0 Å². The molecule has 1 aliphatic carbocycles. The van der Waals surface area contributed by atoms with Gasteiger partial charge in [0, 0.05) is 11.1 Å². The first kappa shape index (κ1) is 18.0. The van der Waals surface area contributed by atoms with Gasteiger partial charge < -0.3 is 9.47 Å². The fraction of sp³-hybridized carbons (Fsp3) is 0.444. The molecule has 0 N–H and O–H groups in total. The van der Waals surface area contributed by atoms with Crippen molar-refractivity contribution in [2.75, 3.05) is 14.2 Å². The lowest BCUT2D eigenvalue weighted by Crippen LogP contribution is -2.24. The van der Waals surface area contributed by atoms with E-state index < -0.39 is 0 Å². The van der Waals surface area contributed by atoms with Gasteiger partial charge >= 0.3 is 0 Å². The van der Waals surface area contributed by atoms with Gasteiger partial charge in [-0.15, -0.1) is 0 Å². The van der Waals surface area contributed by atoms with Gasteiger partial charge in [0.25, 0.3) is 0 Å². The maximum absolute atomic E-state index is 12.4. The number of allylic oxidation sites excluding steroid dienone is 6. The van der Waals surface area contributed by atoms with Gasteiger partial charge in [0.2, 0.25) is 23.1 Å². The second kappa shape index (κ2) is 8.37. The van der Waals surface area contributed by atoms with E-state index >= 15 is 0 Å². The molecule has 0 unspecified atom stereocenters. The smallest absolute Gasteiger partial charge is 0.228 e. The number of rotatable bonds is 7. The van der Waals surface area contributed by atoms with Crippen LogP contribution in [0.15, 0.2) is 46.5 Å². The van der Waals surface area contributed by atoms with E-state index in [1.54, 1.807) is 6.92 Å². The van der Waals surface area contributed by atoms with Gasteiger partial charge in [-0.25, -0.2) is 0 Å². The number of Topliss-reactive ketones (excluding diaryl/α,β-unsaturated/α-hetero) is 2. The predicted octanol–water partition coefficient (Wildman–Crippen LogP) is 3.65. The van der Waals surface area contributed by atoms with Crippen LogP contribution in [0.3, 0.4) is 0 Å². The lowest BCUT2D eigenvalue weighted by Gasteiger charge is -2.19. The topological polar surface area (TPSA) is 52.6 Å². The van der Waals surface area contributed by atoms with E-state index in [0.29, 0.717) is 17.6 Å². The zero-order valence-corrected chi connectivity index (χ0v) is 14.0. The van der Waals surface area contributed by atoms with Crippen LogP contribution in [0.25, 0.3) is 0 Å². The largest absolute Gasteiger partial charge is 0.489 e. The van der Waals surface area contributed by atoms with Crippen molar-refractivity contribution in [2.45, 2.75) is 40.0 Å². The highest BCUT2D eigenvalue weighted by Gasteiger charge is 2.33. The highest BCUT2D eigenvalue weighted by Crippen LogP contribution is 2.27. The molecule has 22 heavy (non-hydrogen) atoms. The summed E-state index contributed by atoms with van der Waals surface area (Å²) < 4.78 is 10.0. The van der Waals surface area contributed by atoms with Crippen LogP contribution in [0.4, 0.5) is 0 Å². The number of carbonyl (C=O) groups is 2. The summed E-state index contributed by atoms with van der Waals surface area (Å²) in [5.74, 6) is -0.579. The van der Waals surface area contributed by atoms with E-state index in [9.17, 15) is 9.59 Å². The quantitative estimate of drug-likeness (QED) is 0.409. The molecule has 0 aromatic carbocycles. The molecule has 0 saturated carbocycles. The van der Waals surface area contributed by atoms with E-state index in [2.05, 4.69) is 19.9 Å². The van der Waals surface area contributed by atoms with Crippen LogP contribution >= 0.6 is 0 Å². The minimum Gasteiger partial charge on any atom is -0.489 e. The van der Waals surface area contributed by atoms with Crippen LogP contribution in [-0.2, 0) is 19.1 Å². The second-order valence-electron chi connectivity index (χ2n) is 5.36. The number of unbranched alkanes of at least 4 members (excludes halogenated alkanes) is 1. The number of carbonyl (C=O) groups excluding carboxylic acids is 2. The van der Waals surface area contributed by atoms with E-state index in [1.807, 2.05) is 12.2 Å². The molecule has 1 aliphatic rings. The van der Waals surface area contributed by atoms with Crippen molar-refractivity contribution in [1.29, 1.82) is 0 Å². The van der Waals surface area contributed by atoms with Gasteiger partial charge in [-0.1, -0.05) is 23.8 Å². The van der Waals surface area contributed by atoms with Crippen LogP contribution in [0, 0.1) is 0 Å². The molecule has 0 amide bonds. The Morgan fingerprint density at radius 2 is 1.55 bits per heavy atom. The standard InChI is InChI=1S/C18H24O4/c1-12(2)10-8-6-7-9-11-14-13(3)15(19)17(21-4)18(22-5)16(14)20/h7,9-10H,6,8,11H2,1-5H3/b9-7+. The van der Waals surface area contributed by atoms with Gasteiger partial charge in [-0.2, -0.15) is 0 Å². The molecule has 0 aromatic heterocycles. The summed E-state index contributed by atoms with van der Waals surface area (Å²) in [4.78, 5) is 24.6. The van der Waals surface area contributed by atoms with E-state index in [4.69, 9.17) is 9.47 Å². The van der Waals surface area contributed by atoms with Crippen molar-refractivity contribution in [1.82, 2.24) is 0 Å². The summed E-state index contributed by atoms with van der Waals surface area (Å²) in [6, 6.07) is 0. The Kier molecular flexibility index (Phi) is 6.83. The molecule has 0 spiro atoms. The monoisotopic (exact) mass is 304 g/mol. The van der Waals surface area contributed by atoms with Crippen molar-refractivity contribution >= 4 is 11.6 Å². The first-order valence-corrected chi connectivity index (χ1v) is 7.33. The third-order valence-corrected chi connectivity index (χ3v) is 3.47. The van der Waals surface area contributed by atoms with E-state index in [0.717, 1.165) is 12.8 Å². The molecular weight excluding hydrogens is 280 g/mol. The fourth-order valence-electron chi connectivity index (χ4n) is 2.22. The van der Waals surface area contributed by atoms with Gasteiger partial charge in [-0.3, -0.25) is 9.59 Å². The Hall–Kier alpha value is -2.10. The van der Waals surface area contributed by atoms with Crippen LogP contribution < -0.4 is 0 Å². The van der Waals surface area contributed by atoms with Crippen LogP contribution in [0.5, 0.6) is 0 Å². The minimum absolute atomic E-state index is 0.00830. The molecule has 0 aromatic rings. The van der Waals surface area contributed by atoms with Crippen LogP contribution in [0.2, 0.25) is 0 Å². The van der Waals surface area contributed by atoms with Crippen LogP contribution in [0.1, 0.15) is 40.0 Å². The third-order valence-electron chi connectivity index (χ3n) is 3.47.